The second-order valence-corrected chi connectivity index (χ2v) is 6.29. The second-order valence-electron chi connectivity index (χ2n) is 6.29. The third-order valence-electron chi connectivity index (χ3n) is 4.70. The molecular formula is C19H22N2O5. The molecule has 3 unspecified atom stereocenters. The Morgan fingerprint density at radius 1 is 1.38 bits per heavy atom. The van der Waals surface area contributed by atoms with Crippen molar-refractivity contribution in [2.75, 3.05) is 13.7 Å². The lowest BCUT2D eigenvalue weighted by Gasteiger charge is -2.33. The quantitative estimate of drug-likeness (QED) is 0.642. The number of fused-ring (bicyclic) bond motifs is 1. The summed E-state index contributed by atoms with van der Waals surface area (Å²) in [4.78, 5) is 28.2. The van der Waals surface area contributed by atoms with Gasteiger partial charge in [0.1, 0.15) is 0 Å². The van der Waals surface area contributed by atoms with Crippen LogP contribution in [0.2, 0.25) is 0 Å². The fraction of sp³-hybridized carbons (Fsp3) is 0.421. The second kappa shape index (κ2) is 8.03. The zero-order valence-electron chi connectivity index (χ0n) is 14.8. The molecule has 2 aliphatic rings. The molecule has 3 rings (SSSR count). The number of hydrogen-bond acceptors (Lipinski definition) is 6. The molecular weight excluding hydrogens is 336 g/mol. The van der Waals surface area contributed by atoms with E-state index >= 15 is 0 Å². The van der Waals surface area contributed by atoms with Crippen LogP contribution in [0.4, 0.5) is 4.79 Å². The van der Waals surface area contributed by atoms with Crippen molar-refractivity contribution in [3.63, 3.8) is 0 Å². The first-order chi connectivity index (χ1) is 12.6. The molecule has 0 bridgehead atoms. The van der Waals surface area contributed by atoms with Crippen LogP contribution in [-0.2, 0) is 25.4 Å². The van der Waals surface area contributed by atoms with Gasteiger partial charge in [-0.1, -0.05) is 17.7 Å². The number of rotatable bonds is 5. The van der Waals surface area contributed by atoms with Crippen LogP contribution in [0.3, 0.4) is 0 Å². The Balaban J connectivity index is 1.57. The van der Waals surface area contributed by atoms with Crippen molar-refractivity contribution in [1.29, 1.82) is 0 Å². The van der Waals surface area contributed by atoms with E-state index in [9.17, 15) is 9.59 Å². The van der Waals surface area contributed by atoms with Crippen LogP contribution in [-0.4, -0.2) is 37.0 Å². The number of carbonyl (C=O) groups is 2. The summed E-state index contributed by atoms with van der Waals surface area (Å²) in [6.45, 7) is 2.36. The van der Waals surface area contributed by atoms with E-state index in [1.54, 1.807) is 6.20 Å². The number of nitrogens with one attached hydrogen (secondary N) is 1. The number of hydrogen-bond donors (Lipinski definition) is 1. The van der Waals surface area contributed by atoms with E-state index in [0.29, 0.717) is 25.0 Å². The van der Waals surface area contributed by atoms with E-state index in [4.69, 9.17) is 14.2 Å². The van der Waals surface area contributed by atoms with Crippen molar-refractivity contribution < 1.29 is 23.8 Å². The molecule has 1 aliphatic carbocycles. The van der Waals surface area contributed by atoms with Gasteiger partial charge in [0, 0.05) is 30.8 Å². The fourth-order valence-corrected chi connectivity index (χ4v) is 3.35. The summed E-state index contributed by atoms with van der Waals surface area (Å²) in [5.41, 5.74) is 2.40. The summed E-state index contributed by atoms with van der Waals surface area (Å²) in [5, 5.41) is 2.71. The molecule has 7 nitrogen and oxygen atoms in total. The van der Waals surface area contributed by atoms with Gasteiger partial charge >= 0.3 is 12.1 Å². The van der Waals surface area contributed by atoms with Crippen molar-refractivity contribution in [3.8, 4) is 0 Å². The maximum absolute atomic E-state index is 12.1. The van der Waals surface area contributed by atoms with Crippen molar-refractivity contribution in [3.05, 3.63) is 53.6 Å². The number of pyridine rings is 1. The van der Waals surface area contributed by atoms with Gasteiger partial charge in [0.2, 0.25) is 0 Å². The fourth-order valence-electron chi connectivity index (χ4n) is 3.35. The van der Waals surface area contributed by atoms with Gasteiger partial charge in [-0.2, -0.15) is 0 Å². The first-order valence-electron chi connectivity index (χ1n) is 8.55. The Morgan fingerprint density at radius 3 is 2.96 bits per heavy atom. The highest BCUT2D eigenvalue weighted by atomic mass is 16.7. The molecule has 0 saturated heterocycles. The molecule has 2 heterocycles. The van der Waals surface area contributed by atoms with Gasteiger partial charge in [-0.15, -0.1) is 0 Å². The summed E-state index contributed by atoms with van der Waals surface area (Å²) in [5.74, 6) is -0.695. The van der Waals surface area contributed by atoms with E-state index in [0.717, 1.165) is 11.3 Å². The van der Waals surface area contributed by atoms with Gasteiger partial charge in [-0.05, 0) is 25.5 Å². The Kier molecular flexibility index (Phi) is 5.55. The molecule has 1 amide bonds. The summed E-state index contributed by atoms with van der Waals surface area (Å²) < 4.78 is 15.8. The van der Waals surface area contributed by atoms with E-state index < -0.39 is 18.4 Å². The van der Waals surface area contributed by atoms with Crippen LogP contribution >= 0.6 is 0 Å². The number of alkyl carbamates (subject to hydrolysis) is 1. The number of esters is 1. The molecule has 1 N–H and O–H groups in total. The van der Waals surface area contributed by atoms with E-state index in [-0.39, 0.29) is 11.8 Å². The Bertz CT molecular complexity index is 729. The molecule has 0 fully saturated rings. The average Bonchev–Trinajstić information content (AvgIpc) is 3.04. The van der Waals surface area contributed by atoms with Crippen LogP contribution in [0.5, 0.6) is 0 Å². The van der Waals surface area contributed by atoms with Crippen molar-refractivity contribution >= 4 is 12.1 Å². The standard InChI is InChI=1S/C19H22N2O5/c1-12-6-7-14-15(17(22)24-2)11-25-18(16(12)14)26-19(23)21-10-8-13-5-3-4-9-20-13/h3-6,9,11,14,16,18H,7-8,10H2,1-2H3,(H,21,23). The Hall–Kier alpha value is -2.83. The molecule has 138 valence electrons. The largest absolute Gasteiger partial charge is 0.466 e. The lowest BCUT2D eigenvalue weighted by Crippen LogP contribution is -2.40. The average molecular weight is 358 g/mol. The zero-order valence-corrected chi connectivity index (χ0v) is 14.8. The number of aromatic nitrogens is 1. The van der Waals surface area contributed by atoms with Gasteiger partial charge in [-0.3, -0.25) is 4.98 Å². The number of carbonyl (C=O) groups excluding carboxylic acids is 2. The monoisotopic (exact) mass is 358 g/mol. The van der Waals surface area contributed by atoms with Gasteiger partial charge in [0.25, 0.3) is 6.29 Å². The minimum atomic E-state index is -0.762. The summed E-state index contributed by atoms with van der Waals surface area (Å²) >= 11 is 0. The SMILES string of the molecule is COC(=O)C1=COC(OC(=O)NCCc2ccccn2)C2C(C)=CCC12. The highest BCUT2D eigenvalue weighted by molar-refractivity contribution is 5.89. The molecule has 26 heavy (non-hydrogen) atoms. The highest BCUT2D eigenvalue weighted by Crippen LogP contribution is 2.43. The molecule has 1 aromatic rings. The maximum Gasteiger partial charge on any atom is 0.410 e. The normalized spacial score (nSPS) is 23.8. The van der Waals surface area contributed by atoms with Crippen molar-refractivity contribution in [1.82, 2.24) is 10.3 Å². The van der Waals surface area contributed by atoms with Gasteiger partial charge in [0.15, 0.2) is 0 Å². The predicted octanol–water partition coefficient (Wildman–Crippen LogP) is 2.35. The topological polar surface area (TPSA) is 86.8 Å². The molecule has 0 saturated carbocycles. The van der Waals surface area contributed by atoms with Crippen molar-refractivity contribution in [2.24, 2.45) is 11.8 Å². The third kappa shape index (κ3) is 3.87. The summed E-state index contributed by atoms with van der Waals surface area (Å²) in [6.07, 6.45) is 5.09. The summed E-state index contributed by atoms with van der Waals surface area (Å²) in [7, 11) is 1.34. The molecule has 0 aromatic carbocycles. The molecule has 0 spiro atoms. The number of nitrogens with zero attached hydrogens (tertiary/aromatic N) is 1. The van der Waals surface area contributed by atoms with Crippen LogP contribution in [0.15, 0.2) is 47.9 Å². The highest BCUT2D eigenvalue weighted by Gasteiger charge is 2.44. The maximum atomic E-state index is 12.1. The first-order valence-corrected chi connectivity index (χ1v) is 8.55. The minimum absolute atomic E-state index is 0.0949. The van der Waals surface area contributed by atoms with Crippen LogP contribution < -0.4 is 5.32 Å². The number of ether oxygens (including phenoxy) is 3. The number of methoxy groups -OCH3 is 1. The molecule has 1 aromatic heterocycles. The van der Waals surface area contributed by atoms with Gasteiger partial charge < -0.3 is 19.5 Å². The molecule has 7 heteroatoms. The van der Waals surface area contributed by atoms with Crippen LogP contribution in [0.1, 0.15) is 19.0 Å². The lowest BCUT2D eigenvalue weighted by molar-refractivity contribution is -0.141. The predicted molar refractivity (Wildman–Crippen MR) is 92.8 cm³/mol. The Labute approximate surface area is 152 Å². The van der Waals surface area contributed by atoms with Gasteiger partial charge in [0.05, 0.1) is 24.9 Å². The molecule has 1 aliphatic heterocycles. The third-order valence-corrected chi connectivity index (χ3v) is 4.70. The zero-order chi connectivity index (χ0) is 18.5. The van der Waals surface area contributed by atoms with Crippen LogP contribution in [0, 0.1) is 11.8 Å². The van der Waals surface area contributed by atoms with E-state index in [1.807, 2.05) is 31.2 Å². The van der Waals surface area contributed by atoms with Crippen LogP contribution in [0.25, 0.3) is 0 Å². The molecule has 3 atom stereocenters. The van der Waals surface area contributed by atoms with Crippen molar-refractivity contribution in [2.45, 2.75) is 26.1 Å². The molecule has 0 radical (unpaired) electrons. The van der Waals surface area contributed by atoms with E-state index in [1.165, 1.54) is 13.4 Å². The van der Waals surface area contributed by atoms with E-state index in [2.05, 4.69) is 10.3 Å². The summed E-state index contributed by atoms with van der Waals surface area (Å²) in [6, 6.07) is 5.64. The number of allylic oxidation sites excluding steroid dienone is 1. The Morgan fingerprint density at radius 2 is 2.23 bits per heavy atom. The number of amides is 1. The first kappa shape index (κ1) is 18.0. The lowest BCUT2D eigenvalue weighted by atomic mass is 9.84. The smallest absolute Gasteiger partial charge is 0.410 e. The minimum Gasteiger partial charge on any atom is -0.466 e. The van der Waals surface area contributed by atoms with Gasteiger partial charge in [-0.25, -0.2) is 9.59 Å².